The van der Waals surface area contributed by atoms with E-state index in [1.807, 2.05) is 0 Å². The highest BCUT2D eigenvalue weighted by Crippen LogP contribution is 2.38. The van der Waals surface area contributed by atoms with E-state index in [1.54, 1.807) is 23.1 Å². The molecule has 2 amide bonds. The molecule has 1 aromatic carbocycles. The lowest BCUT2D eigenvalue weighted by Gasteiger charge is -2.41. The van der Waals surface area contributed by atoms with Crippen LogP contribution in [0.15, 0.2) is 23.8 Å². The number of halogens is 1. The molecular formula is C27H38IN3O8. The third-order valence-electron chi connectivity index (χ3n) is 7.31. The molecule has 1 aromatic rings. The van der Waals surface area contributed by atoms with Crippen molar-refractivity contribution in [2.75, 3.05) is 59.7 Å². The van der Waals surface area contributed by atoms with Gasteiger partial charge < -0.3 is 39.7 Å². The smallest absolute Gasteiger partial charge is 0.247 e. The number of benzene rings is 1. The number of aliphatic hydroxyl groups is 3. The van der Waals surface area contributed by atoms with Gasteiger partial charge in [-0.05, 0) is 59.2 Å². The van der Waals surface area contributed by atoms with Gasteiger partial charge >= 0.3 is 0 Å². The van der Waals surface area contributed by atoms with E-state index in [1.165, 1.54) is 7.11 Å². The van der Waals surface area contributed by atoms with E-state index in [0.29, 0.717) is 52.5 Å². The molecular weight excluding hydrogens is 621 g/mol. The van der Waals surface area contributed by atoms with Gasteiger partial charge in [0.1, 0.15) is 12.2 Å². The summed E-state index contributed by atoms with van der Waals surface area (Å²) in [4.78, 5) is 30.5. The molecule has 0 aromatic heterocycles. The highest BCUT2D eigenvalue weighted by Gasteiger charge is 2.44. The SMILES string of the molecule is COc1cc(CO)cc(I)c1OC1C=C(C(=O)NCCO)CC(N(CCN2CCOCC2)C(=O)C2CC2)C1O. The quantitative estimate of drug-likeness (QED) is 0.233. The van der Waals surface area contributed by atoms with E-state index in [9.17, 15) is 24.9 Å². The van der Waals surface area contributed by atoms with E-state index in [-0.39, 0.29) is 43.9 Å². The fourth-order valence-electron chi connectivity index (χ4n) is 4.97. The number of nitrogens with zero attached hydrogens (tertiary/aromatic N) is 2. The number of carbonyl (C=O) groups is 2. The largest absolute Gasteiger partial charge is 0.493 e. The van der Waals surface area contributed by atoms with Crippen LogP contribution in [0.4, 0.5) is 0 Å². The van der Waals surface area contributed by atoms with Crippen LogP contribution in [0.1, 0.15) is 24.8 Å². The maximum Gasteiger partial charge on any atom is 0.247 e. The number of amides is 2. The first-order valence-electron chi connectivity index (χ1n) is 13.4. The molecule has 3 unspecified atom stereocenters. The van der Waals surface area contributed by atoms with Crippen molar-refractivity contribution in [3.63, 3.8) is 0 Å². The van der Waals surface area contributed by atoms with Crippen molar-refractivity contribution < 1.29 is 39.1 Å². The Balaban J connectivity index is 1.63. The van der Waals surface area contributed by atoms with E-state index in [2.05, 4.69) is 32.8 Å². The zero-order valence-corrected chi connectivity index (χ0v) is 24.3. The molecule has 3 aliphatic rings. The minimum atomic E-state index is -1.11. The molecule has 3 atom stereocenters. The summed E-state index contributed by atoms with van der Waals surface area (Å²) in [6, 6.07) is 2.74. The zero-order valence-electron chi connectivity index (χ0n) is 22.2. The number of nitrogens with one attached hydrogen (secondary N) is 1. The number of methoxy groups -OCH3 is 1. The highest BCUT2D eigenvalue weighted by molar-refractivity contribution is 14.1. The minimum Gasteiger partial charge on any atom is -0.493 e. The lowest BCUT2D eigenvalue weighted by molar-refractivity contribution is -0.140. The van der Waals surface area contributed by atoms with Crippen LogP contribution in [0.2, 0.25) is 0 Å². The van der Waals surface area contributed by atoms with Crippen molar-refractivity contribution in [3.8, 4) is 11.5 Å². The molecule has 216 valence electrons. The lowest BCUT2D eigenvalue weighted by atomic mass is 9.88. The van der Waals surface area contributed by atoms with Crippen molar-refractivity contribution in [3.05, 3.63) is 32.9 Å². The van der Waals surface area contributed by atoms with Crippen LogP contribution in [-0.2, 0) is 20.9 Å². The predicted octanol–water partition coefficient (Wildman–Crippen LogP) is 0.278. The number of ether oxygens (including phenoxy) is 3. The van der Waals surface area contributed by atoms with Gasteiger partial charge in [-0.1, -0.05) is 0 Å². The van der Waals surface area contributed by atoms with Crippen molar-refractivity contribution in [2.24, 2.45) is 5.92 Å². The van der Waals surface area contributed by atoms with Crippen LogP contribution in [0, 0.1) is 9.49 Å². The first-order chi connectivity index (χ1) is 18.9. The normalized spacial score (nSPS) is 23.6. The summed E-state index contributed by atoms with van der Waals surface area (Å²) >= 11 is 2.08. The van der Waals surface area contributed by atoms with Gasteiger partial charge in [0.15, 0.2) is 11.5 Å². The van der Waals surface area contributed by atoms with E-state index < -0.39 is 18.2 Å². The standard InChI is InChI=1S/C27H38IN3O8/c1-37-23-13-17(16-33)12-20(28)25(23)39-22-15-19(26(35)29-4-9-32)14-21(24(22)34)31(27(36)18-2-3-18)6-5-30-7-10-38-11-8-30/h12-13,15,18,21-22,24,32-34H,2-11,14,16H2,1H3,(H,29,35). The van der Waals surface area contributed by atoms with Crippen LogP contribution >= 0.6 is 22.6 Å². The van der Waals surface area contributed by atoms with E-state index in [4.69, 9.17) is 14.2 Å². The third kappa shape index (κ3) is 7.61. The fraction of sp³-hybridized carbons (Fsp3) is 0.630. The molecule has 1 saturated heterocycles. The molecule has 4 rings (SSSR count). The number of rotatable bonds is 12. The Bertz CT molecular complexity index is 1040. The summed E-state index contributed by atoms with van der Waals surface area (Å²) in [5, 5.41) is 33.1. The highest BCUT2D eigenvalue weighted by atomic mass is 127. The maximum absolute atomic E-state index is 13.5. The van der Waals surface area contributed by atoms with Crippen LogP contribution in [0.5, 0.6) is 11.5 Å². The average Bonchev–Trinajstić information content (AvgIpc) is 3.80. The summed E-state index contributed by atoms with van der Waals surface area (Å²) < 4.78 is 17.9. The van der Waals surface area contributed by atoms with Gasteiger partial charge in [0, 0.05) is 50.6 Å². The Morgan fingerprint density at radius 3 is 2.62 bits per heavy atom. The Morgan fingerprint density at radius 2 is 1.97 bits per heavy atom. The summed E-state index contributed by atoms with van der Waals surface area (Å²) in [6.07, 6.45) is 1.34. The average molecular weight is 660 g/mol. The van der Waals surface area contributed by atoms with Gasteiger partial charge in [-0.3, -0.25) is 14.5 Å². The van der Waals surface area contributed by atoms with E-state index in [0.717, 1.165) is 25.9 Å². The van der Waals surface area contributed by atoms with Crippen LogP contribution in [-0.4, -0.2) is 115 Å². The summed E-state index contributed by atoms with van der Waals surface area (Å²) in [7, 11) is 1.49. The summed E-state index contributed by atoms with van der Waals surface area (Å²) in [6.45, 7) is 3.62. The van der Waals surface area contributed by atoms with Crippen LogP contribution in [0.25, 0.3) is 0 Å². The molecule has 1 heterocycles. The second-order valence-corrected chi connectivity index (χ2v) is 11.2. The zero-order chi connectivity index (χ0) is 27.9. The Kier molecular flexibility index (Phi) is 10.8. The van der Waals surface area contributed by atoms with Gasteiger partial charge in [0.05, 0.1) is 43.1 Å². The van der Waals surface area contributed by atoms with Gasteiger partial charge in [-0.2, -0.15) is 0 Å². The molecule has 0 spiro atoms. The molecule has 0 bridgehead atoms. The molecule has 0 radical (unpaired) electrons. The van der Waals surface area contributed by atoms with Gasteiger partial charge in [0.2, 0.25) is 11.8 Å². The second kappa shape index (κ2) is 14.1. The number of morpholine rings is 1. The molecule has 2 aliphatic carbocycles. The monoisotopic (exact) mass is 659 g/mol. The Morgan fingerprint density at radius 1 is 1.23 bits per heavy atom. The summed E-state index contributed by atoms with van der Waals surface area (Å²) in [5.74, 6) is 0.310. The molecule has 12 heteroatoms. The van der Waals surface area contributed by atoms with Crippen molar-refractivity contribution in [1.82, 2.24) is 15.1 Å². The number of hydrogen-bond donors (Lipinski definition) is 4. The molecule has 4 N–H and O–H groups in total. The molecule has 11 nitrogen and oxygen atoms in total. The predicted molar refractivity (Wildman–Crippen MR) is 150 cm³/mol. The Hall–Kier alpha value is -1.97. The third-order valence-corrected chi connectivity index (χ3v) is 8.11. The van der Waals surface area contributed by atoms with E-state index >= 15 is 0 Å². The number of aliphatic hydroxyl groups excluding tert-OH is 3. The van der Waals surface area contributed by atoms with Crippen LogP contribution < -0.4 is 14.8 Å². The first kappa shape index (κ1) is 30.0. The molecule has 39 heavy (non-hydrogen) atoms. The fourth-order valence-corrected chi connectivity index (χ4v) is 5.77. The number of hydrogen-bond acceptors (Lipinski definition) is 9. The summed E-state index contributed by atoms with van der Waals surface area (Å²) in [5.41, 5.74) is 1.03. The van der Waals surface area contributed by atoms with Gasteiger partial charge in [-0.15, -0.1) is 0 Å². The Labute approximate surface area is 242 Å². The van der Waals surface area contributed by atoms with Gasteiger partial charge in [-0.25, -0.2) is 0 Å². The first-order valence-corrected chi connectivity index (χ1v) is 14.5. The molecule has 1 saturated carbocycles. The minimum absolute atomic E-state index is 0.0115. The van der Waals surface area contributed by atoms with Crippen LogP contribution in [0.3, 0.4) is 0 Å². The topological polar surface area (TPSA) is 141 Å². The second-order valence-electron chi connectivity index (χ2n) is 10.0. The van der Waals surface area contributed by atoms with Gasteiger partial charge in [0.25, 0.3) is 0 Å². The van der Waals surface area contributed by atoms with Crippen molar-refractivity contribution in [1.29, 1.82) is 0 Å². The molecule has 1 aliphatic heterocycles. The molecule has 2 fully saturated rings. The lowest BCUT2D eigenvalue weighted by Crippen LogP contribution is -2.57. The van der Waals surface area contributed by atoms with Crippen molar-refractivity contribution >= 4 is 34.4 Å². The maximum atomic E-state index is 13.5. The van der Waals surface area contributed by atoms with Crippen molar-refractivity contribution in [2.45, 2.75) is 44.1 Å². The number of carbonyl (C=O) groups excluding carboxylic acids is 2.